The van der Waals surface area contributed by atoms with Gasteiger partial charge in [-0.25, -0.2) is 4.79 Å². The molecule has 9 atom stereocenters. The molecule has 6 aliphatic heterocycles. The number of aromatic amines is 1. The molecule has 3 aromatic carbocycles. The van der Waals surface area contributed by atoms with Crippen molar-refractivity contribution in [1.82, 2.24) is 20.1 Å². The molecule has 2 bridgehead atoms. The highest BCUT2D eigenvalue weighted by Gasteiger charge is 2.71. The normalized spacial score (nSPS) is 33.0. The number of hydrogen-bond acceptors (Lipinski definition) is 14. The number of aromatic hydroxyl groups is 1. The lowest BCUT2D eigenvalue weighted by Crippen LogP contribution is -2.75. The highest BCUT2D eigenvalue weighted by atomic mass is 32.2. The van der Waals surface area contributed by atoms with Crippen LogP contribution in [0.15, 0.2) is 30.3 Å². The van der Waals surface area contributed by atoms with Crippen molar-refractivity contribution in [2.24, 2.45) is 11.7 Å². The van der Waals surface area contributed by atoms with Crippen LogP contribution >= 0.6 is 11.8 Å². The van der Waals surface area contributed by atoms with E-state index >= 15 is 4.79 Å². The fraction of sp³-hybridized carbons (Fsp3) is 0.488. The summed E-state index contributed by atoms with van der Waals surface area (Å²) in [5.74, 6) is 0.720. The first kappa shape index (κ1) is 36.6. The summed E-state index contributed by atoms with van der Waals surface area (Å²) in [5.41, 5.74) is 10.8. The molecule has 58 heavy (non-hydrogen) atoms. The molecule has 304 valence electrons. The van der Waals surface area contributed by atoms with Crippen molar-refractivity contribution >= 4 is 34.6 Å². The van der Waals surface area contributed by atoms with Crippen molar-refractivity contribution in [1.29, 1.82) is 0 Å². The van der Waals surface area contributed by atoms with Gasteiger partial charge in [0.05, 0.1) is 30.1 Å². The number of aromatic nitrogens is 1. The molecular weight excluding hydrogens is 763 g/mol. The molecule has 2 spiro atoms. The van der Waals surface area contributed by atoms with Crippen LogP contribution in [0.1, 0.15) is 57.6 Å². The number of nitrogens with two attached hydrogens (primary N) is 1. The molecule has 0 radical (unpaired) electrons. The highest BCUT2D eigenvalue weighted by Crippen LogP contribution is 2.67. The van der Waals surface area contributed by atoms with Crippen molar-refractivity contribution in [3.05, 3.63) is 75.0 Å². The Morgan fingerprint density at radius 2 is 1.91 bits per heavy atom. The number of carbonyl (C=O) groups is 2. The molecule has 6 N–H and O–H groups in total. The number of H-pyrrole nitrogens is 1. The molecule has 3 fully saturated rings. The fourth-order valence-electron chi connectivity index (χ4n) is 12.0. The Kier molecular flexibility index (Phi) is 7.88. The Hall–Kier alpha value is -4.51. The Morgan fingerprint density at radius 3 is 2.69 bits per heavy atom. The maximum atomic E-state index is 15.8. The summed E-state index contributed by atoms with van der Waals surface area (Å²) in [6.45, 7) is 5.76. The number of esters is 2. The van der Waals surface area contributed by atoms with E-state index in [4.69, 9.17) is 29.4 Å². The molecule has 4 unspecified atom stereocenters. The van der Waals surface area contributed by atoms with E-state index in [1.807, 2.05) is 39.1 Å². The monoisotopic (exact) mass is 809 g/mol. The Balaban J connectivity index is 1.19. The molecule has 1 aliphatic carbocycles. The number of benzene rings is 3. The number of ether oxygens (including phenoxy) is 5. The quantitative estimate of drug-likeness (QED) is 0.151. The maximum absolute atomic E-state index is 15.8. The molecule has 4 aromatic rings. The van der Waals surface area contributed by atoms with Crippen molar-refractivity contribution in [3.63, 3.8) is 0 Å². The summed E-state index contributed by atoms with van der Waals surface area (Å²) >= 11 is 1.61. The van der Waals surface area contributed by atoms with Crippen LogP contribution < -0.4 is 30.0 Å². The van der Waals surface area contributed by atoms with E-state index in [1.165, 1.54) is 6.92 Å². The van der Waals surface area contributed by atoms with Crippen molar-refractivity contribution in [3.8, 4) is 28.7 Å². The highest BCUT2D eigenvalue weighted by molar-refractivity contribution is 8.00. The van der Waals surface area contributed by atoms with Gasteiger partial charge in [-0.15, -0.1) is 11.8 Å². The van der Waals surface area contributed by atoms with Gasteiger partial charge in [0.25, 0.3) is 0 Å². The minimum absolute atomic E-state index is 0.00222. The number of phenols is 1. The summed E-state index contributed by atoms with van der Waals surface area (Å²) in [6.07, 6.45) is 0.690. The van der Waals surface area contributed by atoms with Crippen molar-refractivity contribution in [2.45, 2.75) is 86.8 Å². The lowest BCUT2D eigenvalue weighted by atomic mass is 9.69. The summed E-state index contributed by atoms with van der Waals surface area (Å²) in [6, 6.07) is 8.65. The van der Waals surface area contributed by atoms with E-state index in [1.54, 1.807) is 18.9 Å². The third kappa shape index (κ3) is 4.52. The first-order valence-electron chi connectivity index (χ1n) is 20.0. The number of hydrogen-bond donors (Lipinski definition) is 5. The second kappa shape index (κ2) is 12.5. The summed E-state index contributed by atoms with van der Waals surface area (Å²) in [5, 5.41) is 28.8. The van der Waals surface area contributed by atoms with Crippen LogP contribution in [-0.2, 0) is 44.7 Å². The smallest absolute Gasteiger partial charge is 0.334 e. The molecule has 3 saturated heterocycles. The number of thioether (sulfide) groups is 1. The first-order chi connectivity index (χ1) is 27.9. The number of nitrogens with zero attached hydrogens (tertiary/aromatic N) is 2. The van der Waals surface area contributed by atoms with E-state index in [9.17, 15) is 15.0 Å². The maximum Gasteiger partial charge on any atom is 0.334 e. The van der Waals surface area contributed by atoms with Crippen LogP contribution in [-0.4, -0.2) is 106 Å². The second-order valence-electron chi connectivity index (χ2n) is 17.1. The van der Waals surface area contributed by atoms with E-state index in [0.29, 0.717) is 66.5 Å². The number of rotatable bonds is 3. The van der Waals surface area contributed by atoms with Gasteiger partial charge in [-0.1, -0.05) is 24.3 Å². The van der Waals surface area contributed by atoms with Gasteiger partial charge >= 0.3 is 11.9 Å². The average molecular weight is 810 g/mol. The van der Waals surface area contributed by atoms with Crippen LogP contribution in [0.4, 0.5) is 0 Å². The predicted octanol–water partition coefficient (Wildman–Crippen LogP) is 3.16. The Labute approximate surface area is 339 Å². The number of fused-ring (bicyclic) bond motifs is 14. The number of nitrogens with one attached hydrogen (secondary N) is 2. The van der Waals surface area contributed by atoms with Crippen LogP contribution in [0, 0.1) is 19.8 Å². The van der Waals surface area contributed by atoms with Crippen LogP contribution in [0.5, 0.6) is 28.7 Å². The van der Waals surface area contributed by atoms with Gasteiger partial charge in [-0.05, 0) is 62.9 Å². The average Bonchev–Trinajstić information content (AvgIpc) is 3.90. The zero-order valence-corrected chi connectivity index (χ0v) is 33.8. The van der Waals surface area contributed by atoms with E-state index in [-0.39, 0.29) is 30.4 Å². The molecule has 15 heteroatoms. The first-order valence-corrected chi connectivity index (χ1v) is 21.1. The van der Waals surface area contributed by atoms with Gasteiger partial charge in [0.1, 0.15) is 12.0 Å². The number of piperazine rings is 1. The Morgan fingerprint density at radius 1 is 1.12 bits per heavy atom. The van der Waals surface area contributed by atoms with E-state index in [0.717, 1.165) is 44.4 Å². The molecule has 1 aromatic heterocycles. The van der Waals surface area contributed by atoms with Gasteiger partial charge < -0.3 is 44.6 Å². The lowest BCUT2D eigenvalue weighted by Gasteiger charge is -2.63. The summed E-state index contributed by atoms with van der Waals surface area (Å²) < 4.78 is 31.6. The van der Waals surface area contributed by atoms with Gasteiger partial charge in [0, 0.05) is 76.9 Å². The number of aliphatic hydroxyl groups is 1. The number of carbonyl (C=O) groups excluding carboxylic acids is 2. The van der Waals surface area contributed by atoms with Gasteiger partial charge in [0.15, 0.2) is 34.1 Å². The minimum atomic E-state index is -1.39. The zero-order valence-electron chi connectivity index (χ0n) is 33.0. The van der Waals surface area contributed by atoms with Crippen molar-refractivity contribution < 1.29 is 43.5 Å². The number of methoxy groups -OCH3 is 1. The zero-order chi connectivity index (χ0) is 40.2. The number of likely N-dealkylation sites (N-methyl/N-ethyl adjacent to an activating group) is 1. The van der Waals surface area contributed by atoms with Crippen LogP contribution in [0.25, 0.3) is 10.9 Å². The largest absolute Gasteiger partial charge is 0.504 e. The third-order valence-electron chi connectivity index (χ3n) is 14.3. The minimum Gasteiger partial charge on any atom is -0.504 e. The van der Waals surface area contributed by atoms with Crippen LogP contribution in [0.2, 0.25) is 0 Å². The molecular formula is C43H47N5O9S. The Bertz CT molecular complexity index is 2470. The lowest BCUT2D eigenvalue weighted by molar-refractivity contribution is -0.216. The van der Waals surface area contributed by atoms with Gasteiger partial charge in [0.2, 0.25) is 6.79 Å². The van der Waals surface area contributed by atoms with Gasteiger partial charge in [-0.2, -0.15) is 0 Å². The molecule has 14 nitrogen and oxygen atoms in total. The molecule has 0 saturated carbocycles. The molecule has 0 amide bonds. The number of phenolic OH excluding ortho intramolecular Hbond substituents is 1. The number of para-hydroxylation sites is 1. The number of piperidine rings is 1. The van der Waals surface area contributed by atoms with Crippen molar-refractivity contribution in [2.75, 3.05) is 39.8 Å². The molecule has 7 heterocycles. The molecule has 11 rings (SSSR count). The number of aryl methyl sites for hydroxylation is 1. The molecule has 7 aliphatic rings. The summed E-state index contributed by atoms with van der Waals surface area (Å²) in [4.78, 5) is 36.8. The van der Waals surface area contributed by atoms with E-state index in [2.05, 4.69) is 32.2 Å². The topological polar surface area (TPSA) is 181 Å². The SMILES string of the molecule is COc1c(C)cc2c(c1O)[C@@H]1C3C4SC[C@]5(N[C@H](CN)Cc6c5[nH]c5ccccc65)C(=O)OC45c4c(c6c(c(C)c4OC(C)=O)OCO6)CC5CN3[C@@H](O)[C@H](C2)N1C. The standard InChI is InChI=1S/C43H47N5O9S/c1-18-10-21-11-28-40(51)48-15-22-12-26-30(35(56-20(3)49)19(2)36-37(26)55-17-54-36)43(22)39(32(48)31(47(28)4)29(21)33(50)34(18)53-5)58-16-42(41(52)57-43)38-25(13-23(14-44)46-42)24-8-6-7-9-27(24)45-38/h6-10,22-23,28,31-32,39-40,45-46,50-51H,11-17,44H2,1-5H3/t22?,23-,28-,31+,32?,39?,40-,42+,43?/m0/s1. The van der Waals surface area contributed by atoms with E-state index < -0.39 is 52.6 Å². The number of aliphatic hydroxyl groups excluding tert-OH is 1. The summed E-state index contributed by atoms with van der Waals surface area (Å²) in [7, 11) is 3.56. The third-order valence-corrected chi connectivity index (χ3v) is 15.9. The fourth-order valence-corrected chi connectivity index (χ4v) is 13.9. The second-order valence-corrected chi connectivity index (χ2v) is 18.3. The predicted molar refractivity (Wildman–Crippen MR) is 213 cm³/mol. The van der Waals surface area contributed by atoms with Gasteiger partial charge in [-0.3, -0.25) is 19.9 Å². The van der Waals surface area contributed by atoms with Crippen LogP contribution in [0.3, 0.4) is 0 Å².